The number of hydrogen-bond acceptors (Lipinski definition) is 4. The zero-order valence-corrected chi connectivity index (χ0v) is 11.0. The fourth-order valence-corrected chi connectivity index (χ4v) is 2.46. The molecule has 16 heavy (non-hydrogen) atoms. The van der Waals surface area contributed by atoms with Crippen LogP contribution in [0.3, 0.4) is 0 Å². The van der Waals surface area contributed by atoms with Crippen LogP contribution in [0.15, 0.2) is 10.9 Å². The minimum Gasteiger partial charge on any atom is -0.314 e. The minimum atomic E-state index is 0.712. The second-order valence-electron chi connectivity index (χ2n) is 4.96. The van der Waals surface area contributed by atoms with Crippen LogP contribution in [0.1, 0.15) is 25.5 Å². The fraction of sp³-hybridized carbons (Fsp3) is 0.750. The predicted molar refractivity (Wildman–Crippen MR) is 68.6 cm³/mol. The van der Waals surface area contributed by atoms with Gasteiger partial charge in [-0.25, -0.2) is 4.98 Å². The molecule has 1 aromatic rings. The first-order valence-corrected chi connectivity index (χ1v) is 6.97. The van der Waals surface area contributed by atoms with Gasteiger partial charge in [0.15, 0.2) is 0 Å². The van der Waals surface area contributed by atoms with Crippen LogP contribution in [0, 0.1) is 5.92 Å². The third kappa shape index (κ3) is 4.20. The van der Waals surface area contributed by atoms with Gasteiger partial charge in [0.2, 0.25) is 0 Å². The summed E-state index contributed by atoms with van der Waals surface area (Å²) in [6.45, 7) is 5.56. The fourth-order valence-electron chi connectivity index (χ4n) is 1.91. The van der Waals surface area contributed by atoms with Crippen LogP contribution < -0.4 is 5.32 Å². The lowest BCUT2D eigenvalue weighted by molar-refractivity contribution is 0.271. The zero-order chi connectivity index (χ0) is 11.4. The van der Waals surface area contributed by atoms with Crippen molar-refractivity contribution in [1.29, 1.82) is 0 Å². The Morgan fingerprint density at radius 2 is 2.44 bits per heavy atom. The highest BCUT2D eigenvalue weighted by Gasteiger charge is 2.21. The van der Waals surface area contributed by atoms with Crippen molar-refractivity contribution in [3.63, 3.8) is 0 Å². The van der Waals surface area contributed by atoms with Crippen molar-refractivity contribution in [3.8, 4) is 0 Å². The molecule has 1 aliphatic rings. The van der Waals surface area contributed by atoms with E-state index in [1.54, 1.807) is 11.3 Å². The Hall–Kier alpha value is -0.450. The molecule has 0 bridgehead atoms. The molecule has 1 atom stereocenters. The average molecular weight is 239 g/mol. The van der Waals surface area contributed by atoms with E-state index in [1.165, 1.54) is 18.5 Å². The Morgan fingerprint density at radius 1 is 1.62 bits per heavy atom. The molecule has 4 heteroatoms. The van der Waals surface area contributed by atoms with E-state index in [2.05, 4.69) is 34.6 Å². The number of nitrogens with zero attached hydrogens (tertiary/aromatic N) is 2. The maximum Gasteiger partial charge on any atom is 0.0795 e. The first-order valence-electron chi connectivity index (χ1n) is 6.03. The molecule has 0 amide bonds. The van der Waals surface area contributed by atoms with Gasteiger partial charge in [-0.1, -0.05) is 6.92 Å². The topological polar surface area (TPSA) is 28.2 Å². The molecule has 0 spiro atoms. The summed E-state index contributed by atoms with van der Waals surface area (Å²) in [5.74, 6) is 0.712. The monoisotopic (exact) mass is 239 g/mol. The molecule has 1 N–H and O–H groups in total. The standard InChI is InChI=1S/C12H21N3S/c1-10(5-13-11-3-4-11)6-15(2)7-12-8-16-9-14-12/h8-11,13H,3-7H2,1-2H3. The Bertz CT molecular complexity index is 295. The van der Waals surface area contributed by atoms with Gasteiger partial charge in [0.05, 0.1) is 11.2 Å². The number of thiazole rings is 1. The summed E-state index contributed by atoms with van der Waals surface area (Å²) in [5.41, 5.74) is 3.09. The van der Waals surface area contributed by atoms with Crippen molar-refractivity contribution in [2.45, 2.75) is 32.4 Å². The highest BCUT2D eigenvalue weighted by Crippen LogP contribution is 2.18. The van der Waals surface area contributed by atoms with Gasteiger partial charge in [-0.15, -0.1) is 11.3 Å². The van der Waals surface area contributed by atoms with Gasteiger partial charge in [-0.2, -0.15) is 0 Å². The van der Waals surface area contributed by atoms with E-state index in [0.717, 1.165) is 25.7 Å². The highest BCUT2D eigenvalue weighted by atomic mass is 32.1. The minimum absolute atomic E-state index is 0.712. The van der Waals surface area contributed by atoms with E-state index in [-0.39, 0.29) is 0 Å². The van der Waals surface area contributed by atoms with E-state index in [0.29, 0.717) is 5.92 Å². The molecule has 1 heterocycles. The van der Waals surface area contributed by atoms with Gasteiger partial charge in [-0.05, 0) is 32.4 Å². The highest BCUT2D eigenvalue weighted by molar-refractivity contribution is 7.07. The van der Waals surface area contributed by atoms with Crippen LogP contribution in [0.5, 0.6) is 0 Å². The van der Waals surface area contributed by atoms with Crippen LogP contribution in [0.2, 0.25) is 0 Å². The van der Waals surface area contributed by atoms with Crippen LogP contribution in [-0.4, -0.2) is 36.1 Å². The number of rotatable bonds is 7. The molecule has 0 aromatic carbocycles. The van der Waals surface area contributed by atoms with E-state index in [1.807, 2.05) is 5.51 Å². The third-order valence-electron chi connectivity index (χ3n) is 2.87. The molecule has 1 aliphatic carbocycles. The summed E-state index contributed by atoms with van der Waals surface area (Å²) >= 11 is 1.67. The van der Waals surface area contributed by atoms with Crippen molar-refractivity contribution < 1.29 is 0 Å². The summed E-state index contributed by atoms with van der Waals surface area (Å²) in [7, 11) is 2.17. The molecule has 1 aromatic heterocycles. The molecule has 0 saturated heterocycles. The van der Waals surface area contributed by atoms with Crippen LogP contribution >= 0.6 is 11.3 Å². The average Bonchev–Trinajstić information content (AvgIpc) is 2.94. The van der Waals surface area contributed by atoms with Crippen molar-refractivity contribution >= 4 is 11.3 Å². The van der Waals surface area contributed by atoms with Gasteiger partial charge in [-0.3, -0.25) is 0 Å². The van der Waals surface area contributed by atoms with E-state index >= 15 is 0 Å². The summed E-state index contributed by atoms with van der Waals surface area (Å²) in [6, 6.07) is 0.825. The van der Waals surface area contributed by atoms with Crippen molar-refractivity contribution in [3.05, 3.63) is 16.6 Å². The van der Waals surface area contributed by atoms with Gasteiger partial charge < -0.3 is 10.2 Å². The van der Waals surface area contributed by atoms with E-state index in [4.69, 9.17) is 0 Å². The molecule has 3 nitrogen and oxygen atoms in total. The lowest BCUT2D eigenvalue weighted by Crippen LogP contribution is -2.31. The number of hydrogen-bond donors (Lipinski definition) is 1. The molecule has 0 radical (unpaired) electrons. The molecule has 1 saturated carbocycles. The maximum atomic E-state index is 4.31. The maximum absolute atomic E-state index is 4.31. The second kappa shape index (κ2) is 5.75. The quantitative estimate of drug-likeness (QED) is 0.788. The van der Waals surface area contributed by atoms with Gasteiger partial charge in [0.25, 0.3) is 0 Å². The molecule has 1 unspecified atom stereocenters. The summed E-state index contributed by atoms with van der Waals surface area (Å²) in [5, 5.41) is 5.71. The summed E-state index contributed by atoms with van der Waals surface area (Å²) < 4.78 is 0. The first-order chi connectivity index (χ1) is 7.74. The van der Waals surface area contributed by atoms with Gasteiger partial charge >= 0.3 is 0 Å². The first kappa shape index (κ1) is 12.0. The smallest absolute Gasteiger partial charge is 0.0795 e. The molecule has 2 rings (SSSR count). The SMILES string of the molecule is CC(CNC1CC1)CN(C)Cc1cscn1. The molecule has 0 aliphatic heterocycles. The van der Waals surface area contributed by atoms with Gasteiger partial charge in [0.1, 0.15) is 0 Å². The van der Waals surface area contributed by atoms with Crippen molar-refractivity contribution in [1.82, 2.24) is 15.2 Å². The van der Waals surface area contributed by atoms with E-state index < -0.39 is 0 Å². The zero-order valence-electron chi connectivity index (χ0n) is 10.1. The normalized spacial score (nSPS) is 17.9. The lowest BCUT2D eigenvalue weighted by Gasteiger charge is -2.20. The Labute approximate surface area is 102 Å². The van der Waals surface area contributed by atoms with E-state index in [9.17, 15) is 0 Å². The second-order valence-corrected chi connectivity index (χ2v) is 5.68. The van der Waals surface area contributed by atoms with Gasteiger partial charge in [0, 0.05) is 24.5 Å². The molecular formula is C12H21N3S. The lowest BCUT2D eigenvalue weighted by atomic mass is 10.1. The molecule has 1 fully saturated rings. The largest absolute Gasteiger partial charge is 0.314 e. The van der Waals surface area contributed by atoms with Crippen LogP contribution in [0.4, 0.5) is 0 Å². The number of aromatic nitrogens is 1. The Kier molecular flexibility index (Phi) is 4.32. The Morgan fingerprint density at radius 3 is 3.06 bits per heavy atom. The Balaban J connectivity index is 1.63. The molecular weight excluding hydrogens is 218 g/mol. The van der Waals surface area contributed by atoms with Crippen molar-refractivity contribution in [2.75, 3.05) is 20.1 Å². The number of nitrogens with one attached hydrogen (secondary N) is 1. The van der Waals surface area contributed by atoms with Crippen LogP contribution in [0.25, 0.3) is 0 Å². The van der Waals surface area contributed by atoms with Crippen LogP contribution in [-0.2, 0) is 6.54 Å². The van der Waals surface area contributed by atoms with Crippen molar-refractivity contribution in [2.24, 2.45) is 5.92 Å². The predicted octanol–water partition coefficient (Wildman–Crippen LogP) is 1.96. The summed E-state index contributed by atoms with van der Waals surface area (Å²) in [6.07, 6.45) is 2.75. The third-order valence-corrected chi connectivity index (χ3v) is 3.51. The molecule has 90 valence electrons. The summed E-state index contributed by atoms with van der Waals surface area (Å²) in [4.78, 5) is 6.66.